The predicted octanol–water partition coefficient (Wildman–Crippen LogP) is 7.45. The van der Waals surface area contributed by atoms with Gasteiger partial charge in [0.25, 0.3) is 0 Å². The van der Waals surface area contributed by atoms with Gasteiger partial charge in [0.1, 0.15) is 10.3 Å². The van der Waals surface area contributed by atoms with Crippen molar-refractivity contribution in [1.82, 2.24) is 19.9 Å². The zero-order chi connectivity index (χ0) is 20.8. The van der Waals surface area contributed by atoms with Gasteiger partial charge in [-0.3, -0.25) is 0 Å². The van der Waals surface area contributed by atoms with Crippen LogP contribution in [0.1, 0.15) is 44.8 Å². The van der Waals surface area contributed by atoms with Gasteiger partial charge in [-0.1, -0.05) is 35.3 Å². The van der Waals surface area contributed by atoms with Crippen molar-refractivity contribution >= 4 is 69.1 Å². The standard InChI is InChI=1S/C20H12Cl4N4S2/c21-13-7-9(25-19(23)27-13)15-16(10-8-14(22)28-20(24)26-10)18(12-4-2-6-30-12)17(15)11-3-1-5-29-11/h1-8,15-18H. The molecule has 152 valence electrons. The van der Waals surface area contributed by atoms with Crippen LogP contribution in [0.15, 0.2) is 47.2 Å². The van der Waals surface area contributed by atoms with Gasteiger partial charge in [-0.05, 0) is 58.2 Å². The fourth-order valence-electron chi connectivity index (χ4n) is 4.31. The Labute approximate surface area is 200 Å². The molecule has 0 amide bonds. The van der Waals surface area contributed by atoms with Crippen molar-refractivity contribution in [3.63, 3.8) is 0 Å². The highest BCUT2D eigenvalue weighted by atomic mass is 35.5. The minimum Gasteiger partial charge on any atom is -0.223 e. The van der Waals surface area contributed by atoms with Gasteiger partial charge in [0.2, 0.25) is 10.6 Å². The average Bonchev–Trinajstić information content (AvgIpc) is 3.33. The molecule has 0 N–H and O–H groups in total. The summed E-state index contributed by atoms with van der Waals surface area (Å²) in [4.78, 5) is 19.6. The number of halogens is 4. The molecule has 0 aliphatic heterocycles. The molecule has 10 heteroatoms. The lowest BCUT2D eigenvalue weighted by Crippen LogP contribution is -2.40. The van der Waals surface area contributed by atoms with Crippen LogP contribution >= 0.6 is 69.1 Å². The minimum absolute atomic E-state index is 0.0178. The lowest BCUT2D eigenvalue weighted by Gasteiger charge is -2.51. The molecule has 1 fully saturated rings. The highest BCUT2D eigenvalue weighted by molar-refractivity contribution is 7.10. The Morgan fingerprint density at radius 1 is 0.600 bits per heavy atom. The molecule has 1 aliphatic rings. The number of thiophene rings is 2. The Morgan fingerprint density at radius 2 is 1.03 bits per heavy atom. The van der Waals surface area contributed by atoms with E-state index in [4.69, 9.17) is 46.4 Å². The van der Waals surface area contributed by atoms with E-state index >= 15 is 0 Å². The van der Waals surface area contributed by atoms with Gasteiger partial charge in [0, 0.05) is 33.4 Å². The average molecular weight is 514 g/mol. The molecule has 0 spiro atoms. The van der Waals surface area contributed by atoms with Gasteiger partial charge >= 0.3 is 0 Å². The van der Waals surface area contributed by atoms with Crippen LogP contribution in [0.4, 0.5) is 0 Å². The van der Waals surface area contributed by atoms with Crippen LogP contribution in [0, 0.1) is 0 Å². The summed E-state index contributed by atoms with van der Waals surface area (Å²) in [6.45, 7) is 0. The fourth-order valence-corrected chi connectivity index (χ4v) is 7.00. The Bertz CT molecular complexity index is 1050. The molecule has 4 atom stereocenters. The lowest BCUT2D eigenvalue weighted by molar-refractivity contribution is 0.226. The van der Waals surface area contributed by atoms with Gasteiger partial charge in [-0.2, -0.15) is 0 Å². The quantitative estimate of drug-likeness (QED) is 0.210. The molecule has 0 radical (unpaired) electrons. The first kappa shape index (κ1) is 20.6. The van der Waals surface area contributed by atoms with Crippen molar-refractivity contribution < 1.29 is 0 Å². The zero-order valence-electron chi connectivity index (χ0n) is 15.0. The van der Waals surface area contributed by atoms with Crippen molar-refractivity contribution in [3.05, 3.63) is 89.2 Å². The van der Waals surface area contributed by atoms with E-state index in [0.29, 0.717) is 10.3 Å². The minimum atomic E-state index is -0.0178. The van der Waals surface area contributed by atoms with Crippen molar-refractivity contribution in [3.8, 4) is 0 Å². The molecule has 30 heavy (non-hydrogen) atoms. The van der Waals surface area contributed by atoms with E-state index in [9.17, 15) is 0 Å². The number of aromatic nitrogens is 4. The Morgan fingerprint density at radius 3 is 1.37 bits per heavy atom. The number of rotatable bonds is 4. The summed E-state index contributed by atoms with van der Waals surface area (Å²) in [5, 5.41) is 5.05. The summed E-state index contributed by atoms with van der Waals surface area (Å²) < 4.78 is 0. The van der Waals surface area contributed by atoms with Gasteiger partial charge in [0.05, 0.1) is 11.4 Å². The van der Waals surface area contributed by atoms with Crippen LogP contribution < -0.4 is 0 Å². The van der Waals surface area contributed by atoms with Crippen LogP contribution in [0.5, 0.6) is 0 Å². The summed E-state index contributed by atoms with van der Waals surface area (Å²) in [5.74, 6) is 0.331. The van der Waals surface area contributed by atoms with Gasteiger partial charge in [-0.25, -0.2) is 19.9 Å². The molecule has 0 saturated heterocycles. The SMILES string of the molecule is Clc1cc(C2C(c3cc(Cl)nc(Cl)n3)C(c3cccs3)C2c2cccs2)nc(Cl)n1. The molecular formula is C20H12Cl4N4S2. The number of nitrogens with zero attached hydrogens (tertiary/aromatic N) is 4. The molecule has 1 saturated carbocycles. The first-order chi connectivity index (χ1) is 14.5. The topological polar surface area (TPSA) is 51.6 Å². The second kappa shape index (κ2) is 8.34. The molecule has 0 aromatic carbocycles. The maximum atomic E-state index is 6.23. The van der Waals surface area contributed by atoms with Crippen molar-refractivity contribution in [1.29, 1.82) is 0 Å². The summed E-state index contributed by atoms with van der Waals surface area (Å²) in [7, 11) is 0. The highest BCUT2D eigenvalue weighted by Crippen LogP contribution is 2.67. The van der Waals surface area contributed by atoms with Gasteiger partial charge < -0.3 is 0 Å². The normalized spacial score (nSPS) is 23.3. The van der Waals surface area contributed by atoms with E-state index < -0.39 is 0 Å². The van der Waals surface area contributed by atoms with E-state index in [1.54, 1.807) is 34.8 Å². The lowest BCUT2D eigenvalue weighted by atomic mass is 9.53. The maximum absolute atomic E-state index is 6.23. The van der Waals surface area contributed by atoms with Gasteiger partial charge in [0.15, 0.2) is 0 Å². The largest absolute Gasteiger partial charge is 0.224 e. The van der Waals surface area contributed by atoms with E-state index in [1.165, 1.54) is 9.75 Å². The van der Waals surface area contributed by atoms with E-state index in [-0.39, 0.29) is 34.2 Å². The molecule has 1 aliphatic carbocycles. The summed E-state index contributed by atoms with van der Waals surface area (Å²) >= 11 is 28.2. The Balaban J connectivity index is 1.70. The summed E-state index contributed by atoms with van der Waals surface area (Å²) in [6.07, 6.45) is 0. The van der Waals surface area contributed by atoms with Crippen molar-refractivity contribution in [2.24, 2.45) is 0 Å². The third-order valence-corrected chi connectivity index (χ3v) is 8.02. The smallest absolute Gasteiger partial charge is 0.223 e. The molecule has 5 rings (SSSR count). The molecule has 0 bridgehead atoms. The number of hydrogen-bond donors (Lipinski definition) is 0. The van der Waals surface area contributed by atoms with Crippen LogP contribution in [-0.4, -0.2) is 19.9 Å². The highest BCUT2D eigenvalue weighted by Gasteiger charge is 2.55. The maximum Gasteiger partial charge on any atom is 0.224 e. The predicted molar refractivity (Wildman–Crippen MR) is 124 cm³/mol. The molecule has 4 nitrogen and oxygen atoms in total. The third kappa shape index (κ3) is 3.74. The fraction of sp³-hybridized carbons (Fsp3) is 0.200. The van der Waals surface area contributed by atoms with Crippen molar-refractivity contribution in [2.75, 3.05) is 0 Å². The second-order valence-corrected chi connectivity index (χ2v) is 10.3. The van der Waals surface area contributed by atoms with Crippen LogP contribution in [-0.2, 0) is 0 Å². The van der Waals surface area contributed by atoms with Crippen molar-refractivity contribution in [2.45, 2.75) is 23.7 Å². The molecule has 4 unspecified atom stereocenters. The first-order valence-corrected chi connectivity index (χ1v) is 12.2. The molecular weight excluding hydrogens is 502 g/mol. The molecule has 4 aromatic heterocycles. The van der Waals surface area contributed by atoms with Crippen LogP contribution in [0.25, 0.3) is 0 Å². The number of hydrogen-bond acceptors (Lipinski definition) is 6. The molecule has 4 heterocycles. The van der Waals surface area contributed by atoms with E-state index in [1.807, 2.05) is 0 Å². The van der Waals surface area contributed by atoms with Crippen LogP contribution in [0.3, 0.4) is 0 Å². The first-order valence-electron chi connectivity index (χ1n) is 8.98. The van der Waals surface area contributed by atoms with Gasteiger partial charge in [-0.15, -0.1) is 22.7 Å². The Hall–Kier alpha value is -1.28. The summed E-state index contributed by atoms with van der Waals surface area (Å²) in [5.41, 5.74) is 1.56. The molecule has 4 aromatic rings. The third-order valence-electron chi connectivity index (χ3n) is 5.35. The van der Waals surface area contributed by atoms with E-state index in [0.717, 1.165) is 11.4 Å². The zero-order valence-corrected chi connectivity index (χ0v) is 19.7. The van der Waals surface area contributed by atoms with Crippen LogP contribution in [0.2, 0.25) is 20.9 Å². The second-order valence-electron chi connectivity index (χ2n) is 6.90. The monoisotopic (exact) mass is 512 g/mol. The summed E-state index contributed by atoms with van der Waals surface area (Å²) in [6, 6.07) is 12.0. The van der Waals surface area contributed by atoms with E-state index in [2.05, 4.69) is 55.0 Å². The Kier molecular flexibility index (Phi) is 5.73.